The van der Waals surface area contributed by atoms with Crippen molar-refractivity contribution in [2.75, 3.05) is 0 Å². The van der Waals surface area contributed by atoms with E-state index in [9.17, 15) is 9.90 Å². The lowest BCUT2D eigenvalue weighted by molar-refractivity contribution is -0.147. The molecular weight excluding hydrogens is 308 g/mol. The van der Waals surface area contributed by atoms with Crippen molar-refractivity contribution in [2.45, 2.75) is 56.8 Å². The minimum Gasteiger partial charge on any atom is -0.487 e. The molecule has 2 bridgehead atoms. The van der Waals surface area contributed by atoms with Crippen LogP contribution in [0.4, 0.5) is 0 Å². The zero-order valence-electron chi connectivity index (χ0n) is 14.0. The molecule has 1 fully saturated rings. The van der Waals surface area contributed by atoms with Gasteiger partial charge in [0.05, 0.1) is 5.39 Å². The lowest BCUT2D eigenvalue weighted by Gasteiger charge is -2.57. The molecule has 0 saturated heterocycles. The van der Waals surface area contributed by atoms with Crippen molar-refractivity contribution in [1.82, 2.24) is 0 Å². The van der Waals surface area contributed by atoms with Gasteiger partial charge in [-0.3, -0.25) is 0 Å². The number of hydrogen-bond acceptors (Lipinski definition) is 5. The van der Waals surface area contributed by atoms with Crippen molar-refractivity contribution < 1.29 is 19.0 Å². The van der Waals surface area contributed by atoms with Crippen LogP contribution < -0.4 is 15.1 Å². The highest BCUT2D eigenvalue weighted by atomic mass is 16.5. The first-order chi connectivity index (χ1) is 11.3. The van der Waals surface area contributed by atoms with Crippen molar-refractivity contribution in [1.29, 1.82) is 0 Å². The van der Waals surface area contributed by atoms with E-state index >= 15 is 0 Å². The second-order valence-corrected chi connectivity index (χ2v) is 8.02. The summed E-state index contributed by atoms with van der Waals surface area (Å²) in [4.78, 5) is 11.6. The first kappa shape index (κ1) is 14.3. The van der Waals surface area contributed by atoms with Crippen molar-refractivity contribution >= 4 is 11.0 Å². The quantitative estimate of drug-likeness (QED) is 0.753. The highest BCUT2D eigenvalue weighted by molar-refractivity contribution is 5.88. The summed E-state index contributed by atoms with van der Waals surface area (Å²) in [5.41, 5.74) is -0.0283. The van der Waals surface area contributed by atoms with Gasteiger partial charge < -0.3 is 19.0 Å². The molecule has 1 N–H and O–H groups in total. The van der Waals surface area contributed by atoms with Crippen LogP contribution in [-0.4, -0.2) is 22.4 Å². The third-order valence-electron chi connectivity index (χ3n) is 6.16. The maximum absolute atomic E-state index is 11.6. The molecule has 1 aliphatic carbocycles. The van der Waals surface area contributed by atoms with Crippen LogP contribution in [0.25, 0.3) is 11.0 Å². The van der Waals surface area contributed by atoms with Crippen LogP contribution in [0, 0.1) is 5.92 Å². The zero-order valence-corrected chi connectivity index (χ0v) is 14.0. The normalized spacial score (nSPS) is 35.2. The number of fused-ring (bicyclic) bond motifs is 3. The summed E-state index contributed by atoms with van der Waals surface area (Å²) in [6, 6.07) is 4.91. The molecule has 2 aromatic rings. The van der Waals surface area contributed by atoms with Crippen LogP contribution in [0.5, 0.6) is 11.5 Å². The van der Waals surface area contributed by atoms with Crippen LogP contribution in [0.2, 0.25) is 0 Å². The predicted octanol–water partition coefficient (Wildman–Crippen LogP) is 2.97. The van der Waals surface area contributed by atoms with Crippen LogP contribution in [0.1, 0.15) is 45.1 Å². The Labute approximate surface area is 139 Å². The van der Waals surface area contributed by atoms with E-state index in [2.05, 4.69) is 13.8 Å². The van der Waals surface area contributed by atoms with E-state index in [0.717, 1.165) is 23.8 Å². The van der Waals surface area contributed by atoms with Crippen LogP contribution >= 0.6 is 0 Å². The lowest BCUT2D eigenvalue weighted by Crippen LogP contribution is -2.61. The van der Waals surface area contributed by atoms with Gasteiger partial charge in [0.1, 0.15) is 34.4 Å². The molecule has 3 heterocycles. The monoisotopic (exact) mass is 328 g/mol. The molecule has 0 amide bonds. The molecule has 0 spiro atoms. The average molecular weight is 328 g/mol. The van der Waals surface area contributed by atoms with Gasteiger partial charge in [-0.15, -0.1) is 0 Å². The predicted molar refractivity (Wildman–Crippen MR) is 87.7 cm³/mol. The third-order valence-corrected chi connectivity index (χ3v) is 6.16. The SMILES string of the molecule is CC1(C)Oc2cc3oc(=O)ccc3c3c2[C@@H]2[C@@H](O)[C@@](C)(CC[C@@H]21)O3. The highest BCUT2D eigenvalue weighted by Gasteiger charge is 2.59. The molecule has 5 heteroatoms. The van der Waals surface area contributed by atoms with Gasteiger partial charge >= 0.3 is 5.63 Å². The highest BCUT2D eigenvalue weighted by Crippen LogP contribution is 2.61. The maximum atomic E-state index is 11.6. The van der Waals surface area contributed by atoms with E-state index < -0.39 is 22.9 Å². The second-order valence-electron chi connectivity index (χ2n) is 8.02. The molecule has 5 nitrogen and oxygen atoms in total. The molecule has 24 heavy (non-hydrogen) atoms. The van der Waals surface area contributed by atoms with Crippen LogP contribution in [0.3, 0.4) is 0 Å². The van der Waals surface area contributed by atoms with Crippen LogP contribution in [-0.2, 0) is 0 Å². The van der Waals surface area contributed by atoms with Crippen molar-refractivity contribution in [2.24, 2.45) is 5.92 Å². The van der Waals surface area contributed by atoms with Crippen molar-refractivity contribution in [3.63, 3.8) is 0 Å². The van der Waals surface area contributed by atoms with E-state index in [1.54, 1.807) is 12.1 Å². The minimum absolute atomic E-state index is 0.0254. The standard InChI is InChI=1S/C19H20O5/c1-18(2)10-6-7-19(3)17(21)14(10)15-12(23-18)8-11-9(16(15)24-19)4-5-13(20)22-11/h4-5,8,10,14,17,21H,6-7H2,1-3H3/t10-,14+,17+,19+/m0/s1. The van der Waals surface area contributed by atoms with Gasteiger partial charge in [-0.1, -0.05) is 0 Å². The molecule has 1 aromatic heterocycles. The number of hydrogen-bond donors (Lipinski definition) is 1. The first-order valence-corrected chi connectivity index (χ1v) is 8.47. The smallest absolute Gasteiger partial charge is 0.336 e. The van der Waals surface area contributed by atoms with Gasteiger partial charge in [-0.05, 0) is 39.7 Å². The first-order valence-electron chi connectivity index (χ1n) is 8.47. The number of benzene rings is 1. The summed E-state index contributed by atoms with van der Waals surface area (Å²) in [5, 5.41) is 11.8. The molecule has 126 valence electrons. The molecule has 1 aromatic carbocycles. The fourth-order valence-electron chi connectivity index (χ4n) is 4.90. The zero-order chi connectivity index (χ0) is 16.9. The topological polar surface area (TPSA) is 68.9 Å². The molecule has 0 unspecified atom stereocenters. The van der Waals surface area contributed by atoms with Gasteiger partial charge in [-0.25, -0.2) is 4.79 Å². The summed E-state index contributed by atoms with van der Waals surface area (Å²) in [6.07, 6.45) is 1.15. The summed E-state index contributed by atoms with van der Waals surface area (Å²) < 4.78 is 17.9. The lowest BCUT2D eigenvalue weighted by atomic mass is 9.60. The fourth-order valence-corrected chi connectivity index (χ4v) is 4.90. The van der Waals surface area contributed by atoms with Gasteiger partial charge in [-0.2, -0.15) is 0 Å². The summed E-state index contributed by atoms with van der Waals surface area (Å²) >= 11 is 0. The Morgan fingerprint density at radius 1 is 1.21 bits per heavy atom. The van der Waals surface area contributed by atoms with Gasteiger partial charge in [0.25, 0.3) is 0 Å². The summed E-state index contributed by atoms with van der Waals surface area (Å²) in [5.74, 6) is 1.55. The Morgan fingerprint density at radius 3 is 2.79 bits per heavy atom. The third kappa shape index (κ3) is 1.61. The van der Waals surface area contributed by atoms with Gasteiger partial charge in [0.15, 0.2) is 0 Å². The molecule has 4 atom stereocenters. The molecule has 0 radical (unpaired) electrons. The van der Waals surface area contributed by atoms with E-state index in [-0.39, 0.29) is 11.8 Å². The molecule has 3 aliphatic rings. The fraction of sp³-hybridized carbons (Fsp3) is 0.526. The Hall–Kier alpha value is -2.01. The minimum atomic E-state index is -0.622. The second kappa shape index (κ2) is 4.14. The Bertz CT molecular complexity index is 927. The van der Waals surface area contributed by atoms with Crippen molar-refractivity contribution in [3.8, 4) is 11.5 Å². The molecule has 1 saturated carbocycles. The van der Waals surface area contributed by atoms with Crippen LogP contribution in [0.15, 0.2) is 27.4 Å². The van der Waals surface area contributed by atoms with Gasteiger partial charge in [0, 0.05) is 29.5 Å². The number of rotatable bonds is 0. The van der Waals surface area contributed by atoms with E-state index in [1.807, 2.05) is 6.92 Å². The Kier molecular flexibility index (Phi) is 2.48. The van der Waals surface area contributed by atoms with Gasteiger partial charge in [0.2, 0.25) is 0 Å². The molecule has 2 aliphatic heterocycles. The Morgan fingerprint density at radius 2 is 2.00 bits per heavy atom. The number of ether oxygens (including phenoxy) is 2. The molecular formula is C19H20O5. The Balaban J connectivity index is 1.90. The summed E-state index contributed by atoms with van der Waals surface area (Å²) in [7, 11) is 0. The molecule has 5 rings (SSSR count). The van der Waals surface area contributed by atoms with E-state index in [0.29, 0.717) is 17.1 Å². The largest absolute Gasteiger partial charge is 0.487 e. The summed E-state index contributed by atoms with van der Waals surface area (Å²) in [6.45, 7) is 6.10. The average Bonchev–Trinajstić information content (AvgIpc) is 2.47. The number of aliphatic hydroxyl groups excluding tert-OH is 1. The van der Waals surface area contributed by atoms with E-state index in [4.69, 9.17) is 13.9 Å². The van der Waals surface area contributed by atoms with Crippen molar-refractivity contribution in [3.05, 3.63) is 34.2 Å². The maximum Gasteiger partial charge on any atom is 0.336 e. The number of aliphatic hydroxyl groups is 1. The van der Waals surface area contributed by atoms with E-state index in [1.165, 1.54) is 6.07 Å².